The molecule has 5 heteroatoms. The highest BCUT2D eigenvalue weighted by atomic mass is 32.2. The summed E-state index contributed by atoms with van der Waals surface area (Å²) >= 11 is 1.62. The summed E-state index contributed by atoms with van der Waals surface area (Å²) in [6, 6.07) is 25.7. The molecule has 1 heterocycles. The topological polar surface area (TPSA) is 44.1 Å². The van der Waals surface area contributed by atoms with E-state index in [9.17, 15) is 4.79 Å². The second-order valence-corrected chi connectivity index (χ2v) is 7.80. The lowest BCUT2D eigenvalue weighted by molar-refractivity contribution is 0.414. The van der Waals surface area contributed by atoms with Crippen molar-refractivity contribution in [3.63, 3.8) is 0 Å². The molecule has 4 nitrogen and oxygen atoms in total. The molecule has 29 heavy (non-hydrogen) atoms. The van der Waals surface area contributed by atoms with Gasteiger partial charge in [-0.15, -0.1) is 0 Å². The molecule has 0 N–H and O–H groups in total. The Morgan fingerprint density at radius 2 is 1.62 bits per heavy atom. The fraction of sp³-hybridized carbons (Fsp3) is 0.167. The van der Waals surface area contributed by atoms with E-state index in [2.05, 4.69) is 12.1 Å². The van der Waals surface area contributed by atoms with Gasteiger partial charge in [0.1, 0.15) is 5.75 Å². The smallest absolute Gasteiger partial charge is 0.262 e. The van der Waals surface area contributed by atoms with Crippen molar-refractivity contribution in [3.05, 3.63) is 100 Å². The predicted molar refractivity (Wildman–Crippen MR) is 119 cm³/mol. The van der Waals surface area contributed by atoms with Crippen molar-refractivity contribution >= 4 is 22.7 Å². The molecule has 0 saturated heterocycles. The summed E-state index contributed by atoms with van der Waals surface area (Å²) in [4.78, 5) is 17.9. The van der Waals surface area contributed by atoms with Gasteiger partial charge >= 0.3 is 0 Å². The third-order valence-corrected chi connectivity index (χ3v) is 5.77. The summed E-state index contributed by atoms with van der Waals surface area (Å²) in [5, 5.41) is 1.41. The van der Waals surface area contributed by atoms with E-state index < -0.39 is 0 Å². The van der Waals surface area contributed by atoms with Gasteiger partial charge in [0, 0.05) is 5.75 Å². The summed E-state index contributed by atoms with van der Waals surface area (Å²) in [7, 11) is 1.67. The summed E-state index contributed by atoms with van der Waals surface area (Å²) < 4.78 is 7.00. The minimum atomic E-state index is 0.00593. The van der Waals surface area contributed by atoms with Crippen molar-refractivity contribution in [1.29, 1.82) is 0 Å². The first-order valence-corrected chi connectivity index (χ1v) is 10.5. The predicted octanol–water partition coefficient (Wildman–Crippen LogP) is 4.79. The van der Waals surface area contributed by atoms with E-state index in [4.69, 9.17) is 9.72 Å². The zero-order valence-corrected chi connectivity index (χ0v) is 17.1. The molecule has 0 fully saturated rings. The second kappa shape index (κ2) is 8.97. The largest absolute Gasteiger partial charge is 0.497 e. The Kier molecular flexibility index (Phi) is 5.96. The summed E-state index contributed by atoms with van der Waals surface area (Å²) in [5.74, 6) is 1.70. The molecular weight excluding hydrogens is 380 g/mol. The number of rotatable bonds is 7. The lowest BCUT2D eigenvalue weighted by Gasteiger charge is -2.13. The summed E-state index contributed by atoms with van der Waals surface area (Å²) in [5.41, 5.74) is 3.07. The van der Waals surface area contributed by atoms with Crippen LogP contribution in [0.15, 0.2) is 88.8 Å². The number of aryl methyl sites for hydroxylation is 1. The average molecular weight is 403 g/mol. The van der Waals surface area contributed by atoms with E-state index >= 15 is 0 Å². The van der Waals surface area contributed by atoms with Crippen molar-refractivity contribution in [1.82, 2.24) is 9.55 Å². The molecule has 0 aliphatic carbocycles. The van der Waals surface area contributed by atoms with Crippen LogP contribution in [0.4, 0.5) is 0 Å². The fourth-order valence-corrected chi connectivity index (χ4v) is 4.20. The number of hydrogen-bond acceptors (Lipinski definition) is 4. The molecule has 0 unspecified atom stereocenters. The third kappa shape index (κ3) is 4.51. The number of methoxy groups -OCH3 is 1. The number of nitrogens with zero attached hydrogens (tertiary/aromatic N) is 2. The standard InChI is InChI=1S/C24H22N2O2S/c1-28-20-13-11-18(12-14-20)15-16-29-24-25-22-10-6-5-9-21(22)23(27)26(24)17-19-7-3-2-4-8-19/h2-14H,15-17H2,1H3. The van der Waals surface area contributed by atoms with Gasteiger partial charge < -0.3 is 4.74 Å². The molecule has 0 aliphatic rings. The minimum absolute atomic E-state index is 0.00593. The molecule has 1 aromatic heterocycles. The second-order valence-electron chi connectivity index (χ2n) is 6.73. The molecule has 3 aromatic carbocycles. The van der Waals surface area contributed by atoms with Crippen LogP contribution in [0, 0.1) is 0 Å². The molecular formula is C24H22N2O2S. The van der Waals surface area contributed by atoms with E-state index in [1.54, 1.807) is 23.4 Å². The van der Waals surface area contributed by atoms with E-state index in [0.717, 1.165) is 34.2 Å². The lowest BCUT2D eigenvalue weighted by atomic mass is 10.2. The normalized spacial score (nSPS) is 10.9. The van der Waals surface area contributed by atoms with Crippen molar-refractivity contribution in [2.75, 3.05) is 12.9 Å². The van der Waals surface area contributed by atoms with Gasteiger partial charge in [0.05, 0.1) is 24.6 Å². The minimum Gasteiger partial charge on any atom is -0.497 e. The number of hydrogen-bond donors (Lipinski definition) is 0. The molecule has 0 saturated carbocycles. The van der Waals surface area contributed by atoms with Crippen LogP contribution in [-0.2, 0) is 13.0 Å². The number of ether oxygens (including phenoxy) is 1. The van der Waals surface area contributed by atoms with Crippen LogP contribution in [0.2, 0.25) is 0 Å². The van der Waals surface area contributed by atoms with Gasteiger partial charge in [-0.2, -0.15) is 0 Å². The summed E-state index contributed by atoms with van der Waals surface area (Å²) in [6.45, 7) is 0.516. The molecule has 146 valence electrons. The zero-order valence-electron chi connectivity index (χ0n) is 16.2. The Hall–Kier alpha value is -3.05. The maximum absolute atomic E-state index is 13.2. The Bertz CT molecular complexity index is 1160. The average Bonchev–Trinajstić information content (AvgIpc) is 2.77. The molecule has 0 amide bonds. The Morgan fingerprint density at radius 1 is 0.897 bits per heavy atom. The zero-order chi connectivity index (χ0) is 20.1. The number of benzene rings is 3. The number of thioether (sulfide) groups is 1. The van der Waals surface area contributed by atoms with Gasteiger partial charge in [-0.05, 0) is 41.8 Å². The quantitative estimate of drug-likeness (QED) is 0.329. The number of para-hydroxylation sites is 1. The maximum Gasteiger partial charge on any atom is 0.262 e. The monoisotopic (exact) mass is 402 g/mol. The Labute approximate surface area is 174 Å². The van der Waals surface area contributed by atoms with Gasteiger partial charge in [0.25, 0.3) is 5.56 Å². The van der Waals surface area contributed by atoms with E-state index in [1.165, 1.54) is 5.56 Å². The van der Waals surface area contributed by atoms with E-state index in [0.29, 0.717) is 11.9 Å². The summed E-state index contributed by atoms with van der Waals surface area (Å²) in [6.07, 6.45) is 0.892. The molecule has 4 rings (SSSR count). The lowest BCUT2D eigenvalue weighted by Crippen LogP contribution is -2.24. The van der Waals surface area contributed by atoms with Crippen molar-refractivity contribution < 1.29 is 4.74 Å². The molecule has 0 bridgehead atoms. The molecule has 4 aromatic rings. The molecule has 0 spiro atoms. The SMILES string of the molecule is COc1ccc(CCSc2nc3ccccc3c(=O)n2Cc2ccccc2)cc1. The van der Waals surface area contributed by atoms with Crippen molar-refractivity contribution in [2.24, 2.45) is 0 Å². The highest BCUT2D eigenvalue weighted by molar-refractivity contribution is 7.99. The highest BCUT2D eigenvalue weighted by Gasteiger charge is 2.12. The Morgan fingerprint density at radius 3 is 2.38 bits per heavy atom. The maximum atomic E-state index is 13.2. The Balaban J connectivity index is 1.60. The first-order valence-electron chi connectivity index (χ1n) is 9.54. The van der Waals surface area contributed by atoms with Crippen LogP contribution in [0.1, 0.15) is 11.1 Å². The highest BCUT2D eigenvalue weighted by Crippen LogP contribution is 2.21. The first kappa shape index (κ1) is 19.3. The van der Waals surface area contributed by atoms with E-state index in [1.807, 2.05) is 66.7 Å². The van der Waals surface area contributed by atoms with Crippen LogP contribution in [-0.4, -0.2) is 22.4 Å². The van der Waals surface area contributed by atoms with Crippen molar-refractivity contribution in [3.8, 4) is 5.75 Å². The van der Waals surface area contributed by atoms with Crippen LogP contribution < -0.4 is 10.3 Å². The van der Waals surface area contributed by atoms with Gasteiger partial charge in [0.15, 0.2) is 5.16 Å². The van der Waals surface area contributed by atoms with Crippen LogP contribution >= 0.6 is 11.8 Å². The molecule has 0 atom stereocenters. The van der Waals surface area contributed by atoms with Crippen molar-refractivity contribution in [2.45, 2.75) is 18.1 Å². The van der Waals surface area contributed by atoms with Crippen LogP contribution in [0.25, 0.3) is 10.9 Å². The van der Waals surface area contributed by atoms with Gasteiger partial charge in [-0.3, -0.25) is 9.36 Å². The number of fused-ring (bicyclic) bond motifs is 1. The van der Waals surface area contributed by atoms with Crippen LogP contribution in [0.5, 0.6) is 5.75 Å². The molecule has 0 aliphatic heterocycles. The number of aromatic nitrogens is 2. The molecule has 0 radical (unpaired) electrons. The first-order chi connectivity index (χ1) is 14.2. The van der Waals surface area contributed by atoms with E-state index in [-0.39, 0.29) is 5.56 Å². The van der Waals surface area contributed by atoms with Crippen LogP contribution in [0.3, 0.4) is 0 Å². The van der Waals surface area contributed by atoms with Gasteiger partial charge in [-0.1, -0.05) is 66.4 Å². The third-order valence-electron chi connectivity index (χ3n) is 4.79. The van der Waals surface area contributed by atoms with Gasteiger partial charge in [0.2, 0.25) is 0 Å². The fourth-order valence-electron chi connectivity index (χ4n) is 3.22. The van der Waals surface area contributed by atoms with Gasteiger partial charge in [-0.25, -0.2) is 4.98 Å².